The van der Waals surface area contributed by atoms with Gasteiger partial charge in [0.25, 0.3) is 0 Å². The van der Waals surface area contributed by atoms with Gasteiger partial charge in [0.2, 0.25) is 0 Å². The molecule has 0 saturated carbocycles. The average molecular weight is 938 g/mol. The lowest BCUT2D eigenvalue weighted by Crippen LogP contribution is -2.22. The molecule has 0 saturated heterocycles. The lowest BCUT2D eigenvalue weighted by Gasteiger charge is -2.31. The first-order valence-corrected chi connectivity index (χ1v) is 25.5. The van der Waals surface area contributed by atoms with Gasteiger partial charge in [-0.25, -0.2) is 0 Å². The van der Waals surface area contributed by atoms with Crippen LogP contribution >= 0.6 is 0 Å². The fourth-order valence-corrected chi connectivity index (χ4v) is 10.4. The second-order valence-electron chi connectivity index (χ2n) is 18.8. The number of allylic oxidation sites excluding steroid dienone is 7. The summed E-state index contributed by atoms with van der Waals surface area (Å²) in [4.78, 5) is 7.09. The quantitative estimate of drug-likeness (QED) is 0.114. The van der Waals surface area contributed by atoms with E-state index >= 15 is 0 Å². The predicted molar refractivity (Wildman–Crippen MR) is 310 cm³/mol. The second kappa shape index (κ2) is 20.7. The Morgan fingerprint density at radius 2 is 0.658 bits per heavy atom. The normalized spacial score (nSPS) is 13.2. The lowest BCUT2D eigenvalue weighted by atomic mass is 9.93. The summed E-state index contributed by atoms with van der Waals surface area (Å²) < 4.78 is 0. The topological polar surface area (TPSA) is 9.72 Å². The van der Waals surface area contributed by atoms with E-state index in [1.165, 1.54) is 72.4 Å². The van der Waals surface area contributed by atoms with E-state index in [2.05, 4.69) is 300 Å². The van der Waals surface area contributed by atoms with E-state index in [-0.39, 0.29) is 0 Å². The van der Waals surface area contributed by atoms with Crippen LogP contribution in [0.5, 0.6) is 0 Å². The summed E-state index contributed by atoms with van der Waals surface area (Å²) in [6.07, 6.45) is 15.7. The highest BCUT2D eigenvalue weighted by Crippen LogP contribution is 2.41. The number of hydrogen-bond donors (Lipinski definition) is 0. The number of benzene rings is 10. The van der Waals surface area contributed by atoms with Crippen LogP contribution in [0.4, 0.5) is 39.8 Å². The maximum absolute atomic E-state index is 2.43. The fraction of sp³-hybridized carbons (Fsp3) is 0.0571. The summed E-state index contributed by atoms with van der Waals surface area (Å²) in [5, 5.41) is 2.44. The standard InChI is InChI=1S/C70H55N3/c1-5-17-62(18-6-1)71(63-19-7-2-8-20-63)66-42-33-57(34-43-66)53-25-29-55(30-26-53)59-37-46-68(47-38-59)73(70-50-41-52-15-13-14-16-61(52)51-70)69-48-39-60(40-49-69)56-31-27-54(28-32-56)58-35-44-67(45-36-58)72(64-21-9-3-10-22-64)65-23-11-4-12-24-65/h1-3,5-11,13-35,37-44,46-51H,4,12,36,45H2. The minimum atomic E-state index is 0.986. The zero-order valence-corrected chi connectivity index (χ0v) is 40.8. The molecule has 0 atom stereocenters. The molecule has 0 fully saturated rings. The Balaban J connectivity index is 0.775. The van der Waals surface area contributed by atoms with Crippen LogP contribution in [0, 0.1) is 0 Å². The largest absolute Gasteiger partial charge is 0.315 e. The molecule has 2 aliphatic carbocycles. The second-order valence-corrected chi connectivity index (χ2v) is 18.8. The monoisotopic (exact) mass is 937 g/mol. The third-order valence-corrected chi connectivity index (χ3v) is 14.2. The molecule has 0 heterocycles. The maximum atomic E-state index is 2.43. The summed E-state index contributed by atoms with van der Waals surface area (Å²) in [6.45, 7) is 0. The number of rotatable bonds is 13. The third-order valence-electron chi connectivity index (χ3n) is 14.2. The van der Waals surface area contributed by atoms with Gasteiger partial charge < -0.3 is 14.7 Å². The van der Waals surface area contributed by atoms with E-state index in [1.54, 1.807) is 0 Å². The zero-order chi connectivity index (χ0) is 48.8. The molecule has 10 aromatic rings. The van der Waals surface area contributed by atoms with Crippen molar-refractivity contribution in [3.63, 3.8) is 0 Å². The van der Waals surface area contributed by atoms with Crippen molar-refractivity contribution in [3.8, 4) is 33.4 Å². The van der Waals surface area contributed by atoms with Crippen LogP contribution in [-0.4, -0.2) is 0 Å². The minimum Gasteiger partial charge on any atom is -0.315 e. The lowest BCUT2D eigenvalue weighted by molar-refractivity contribution is 0.896. The van der Waals surface area contributed by atoms with Crippen molar-refractivity contribution in [2.45, 2.75) is 25.7 Å². The van der Waals surface area contributed by atoms with E-state index in [4.69, 9.17) is 0 Å². The Kier molecular flexibility index (Phi) is 12.7. The van der Waals surface area contributed by atoms with Crippen LogP contribution in [0.1, 0.15) is 31.2 Å². The zero-order valence-electron chi connectivity index (χ0n) is 40.8. The average Bonchev–Trinajstić information content (AvgIpc) is 3.47. The van der Waals surface area contributed by atoms with Crippen LogP contribution in [0.3, 0.4) is 0 Å². The molecule has 0 aromatic heterocycles. The van der Waals surface area contributed by atoms with E-state index in [9.17, 15) is 0 Å². The van der Waals surface area contributed by atoms with Crippen LogP contribution in [-0.2, 0) is 0 Å². The minimum absolute atomic E-state index is 0.986. The van der Waals surface area contributed by atoms with Crippen LogP contribution in [0.2, 0.25) is 0 Å². The molecule has 12 rings (SSSR count). The molecule has 350 valence electrons. The molecule has 0 N–H and O–H groups in total. The first-order valence-electron chi connectivity index (χ1n) is 25.5. The number of nitrogens with zero attached hydrogens (tertiary/aromatic N) is 3. The summed E-state index contributed by atoms with van der Waals surface area (Å²) in [5.41, 5.74) is 20.3. The van der Waals surface area contributed by atoms with E-state index in [0.717, 1.165) is 59.8 Å². The fourth-order valence-electron chi connectivity index (χ4n) is 10.4. The summed E-state index contributed by atoms with van der Waals surface area (Å²) in [5.74, 6) is 0. The number of fused-ring (bicyclic) bond motifs is 1. The van der Waals surface area contributed by atoms with Gasteiger partial charge in [-0.3, -0.25) is 0 Å². The Bertz CT molecular complexity index is 3570. The Labute approximate surface area is 429 Å². The van der Waals surface area contributed by atoms with Gasteiger partial charge in [0.1, 0.15) is 0 Å². The third kappa shape index (κ3) is 9.69. The molecular formula is C70H55N3. The molecular weight excluding hydrogens is 883 g/mol. The van der Waals surface area contributed by atoms with Gasteiger partial charge in [0.05, 0.1) is 0 Å². The molecule has 2 aliphatic rings. The van der Waals surface area contributed by atoms with Crippen molar-refractivity contribution in [1.82, 2.24) is 0 Å². The molecule has 3 heteroatoms. The van der Waals surface area contributed by atoms with E-state index in [0.29, 0.717) is 0 Å². The highest BCUT2D eigenvalue weighted by atomic mass is 15.2. The van der Waals surface area contributed by atoms with E-state index < -0.39 is 0 Å². The number of anilines is 7. The molecule has 73 heavy (non-hydrogen) atoms. The number of para-hydroxylation sites is 3. The van der Waals surface area contributed by atoms with Crippen molar-refractivity contribution in [1.29, 1.82) is 0 Å². The van der Waals surface area contributed by atoms with E-state index in [1.807, 2.05) is 0 Å². The maximum Gasteiger partial charge on any atom is 0.0468 e. The van der Waals surface area contributed by atoms with Gasteiger partial charge in [-0.1, -0.05) is 188 Å². The van der Waals surface area contributed by atoms with Gasteiger partial charge in [0, 0.05) is 51.2 Å². The number of hydrogen-bond acceptors (Lipinski definition) is 3. The molecule has 0 bridgehead atoms. The van der Waals surface area contributed by atoms with Crippen molar-refractivity contribution in [2.75, 3.05) is 14.7 Å². The summed E-state index contributed by atoms with van der Waals surface area (Å²) >= 11 is 0. The van der Waals surface area contributed by atoms with Crippen LogP contribution in [0.15, 0.2) is 297 Å². The van der Waals surface area contributed by atoms with Crippen molar-refractivity contribution in [3.05, 3.63) is 302 Å². The van der Waals surface area contributed by atoms with Crippen molar-refractivity contribution >= 4 is 56.2 Å². The molecule has 10 aromatic carbocycles. The smallest absolute Gasteiger partial charge is 0.0468 e. The summed E-state index contributed by atoms with van der Waals surface area (Å²) in [7, 11) is 0. The molecule has 0 spiro atoms. The molecule has 0 unspecified atom stereocenters. The molecule has 0 radical (unpaired) electrons. The summed E-state index contributed by atoms with van der Waals surface area (Å²) in [6, 6.07) is 92.1. The van der Waals surface area contributed by atoms with Crippen molar-refractivity contribution in [2.24, 2.45) is 0 Å². The molecule has 3 nitrogen and oxygen atoms in total. The first kappa shape index (κ1) is 45.0. The van der Waals surface area contributed by atoms with Crippen molar-refractivity contribution < 1.29 is 0 Å². The van der Waals surface area contributed by atoms with Gasteiger partial charge in [-0.2, -0.15) is 0 Å². The molecule has 0 aliphatic heterocycles. The van der Waals surface area contributed by atoms with Gasteiger partial charge in [0.15, 0.2) is 0 Å². The van der Waals surface area contributed by atoms with Gasteiger partial charge >= 0.3 is 0 Å². The van der Waals surface area contributed by atoms with Crippen LogP contribution in [0.25, 0.3) is 49.7 Å². The SMILES string of the molecule is C1=CC(N(C2=CC=C(c3ccc(-c4ccc(N(c5ccc(-c6ccc(-c7ccc(N(c8ccccc8)c8ccccc8)cc7)cc6)cc5)c5ccc6ccccc6c5)cc4)cc3)CC2)c2ccccc2)=CCC1. The van der Waals surface area contributed by atoms with Gasteiger partial charge in [-0.15, -0.1) is 0 Å². The predicted octanol–water partition coefficient (Wildman–Crippen LogP) is 19.6. The molecule has 0 amide bonds. The van der Waals surface area contributed by atoms with Gasteiger partial charge in [-0.05, 0) is 178 Å². The van der Waals surface area contributed by atoms with Crippen LogP contribution < -0.4 is 14.7 Å². The Hall–Kier alpha value is -9.18. The Morgan fingerprint density at radius 1 is 0.274 bits per heavy atom. The highest BCUT2D eigenvalue weighted by molar-refractivity contribution is 5.90. The Morgan fingerprint density at radius 3 is 1.10 bits per heavy atom. The highest BCUT2D eigenvalue weighted by Gasteiger charge is 2.20. The first-order chi connectivity index (χ1) is 36.2.